The van der Waals surface area contributed by atoms with Gasteiger partial charge in [0.25, 0.3) is 0 Å². The number of benzene rings is 1. The van der Waals surface area contributed by atoms with Gasteiger partial charge >= 0.3 is 0 Å². The van der Waals surface area contributed by atoms with Gasteiger partial charge in [-0.3, -0.25) is 9.67 Å². The summed E-state index contributed by atoms with van der Waals surface area (Å²) in [6, 6.07) is 7.88. The standard InChI is InChI=1S/C15H13BrClN3/c1-9-14(16)10(2)20(19-9)8-12-13(17)6-5-11-4-3-7-18-15(11)12/h3-7H,8H2,1-2H3. The summed E-state index contributed by atoms with van der Waals surface area (Å²) in [4.78, 5) is 4.46. The molecule has 0 fully saturated rings. The molecule has 0 atom stereocenters. The van der Waals surface area contributed by atoms with Crippen LogP contribution in [0, 0.1) is 13.8 Å². The molecule has 0 unspecified atom stereocenters. The van der Waals surface area contributed by atoms with Crippen LogP contribution in [0.2, 0.25) is 5.02 Å². The summed E-state index contributed by atoms with van der Waals surface area (Å²) < 4.78 is 3.00. The van der Waals surface area contributed by atoms with Gasteiger partial charge in [0.1, 0.15) is 0 Å². The number of rotatable bonds is 2. The van der Waals surface area contributed by atoms with E-state index in [9.17, 15) is 0 Å². The largest absolute Gasteiger partial charge is 0.264 e. The number of hydrogen-bond donors (Lipinski definition) is 0. The lowest BCUT2D eigenvalue weighted by atomic mass is 10.1. The summed E-state index contributed by atoms with van der Waals surface area (Å²) in [6.07, 6.45) is 1.79. The molecule has 3 aromatic rings. The fourth-order valence-electron chi connectivity index (χ4n) is 2.31. The Morgan fingerprint density at radius 1 is 1.25 bits per heavy atom. The molecule has 5 heteroatoms. The Morgan fingerprint density at radius 2 is 2.05 bits per heavy atom. The molecule has 0 radical (unpaired) electrons. The minimum Gasteiger partial charge on any atom is -0.264 e. The van der Waals surface area contributed by atoms with E-state index in [2.05, 4.69) is 26.0 Å². The van der Waals surface area contributed by atoms with Crippen LogP contribution in [0.1, 0.15) is 17.0 Å². The molecule has 2 heterocycles. The van der Waals surface area contributed by atoms with Gasteiger partial charge in [0.05, 0.1) is 27.9 Å². The van der Waals surface area contributed by atoms with E-state index < -0.39 is 0 Å². The quantitative estimate of drug-likeness (QED) is 0.680. The third-order valence-corrected chi connectivity index (χ3v) is 4.93. The summed E-state index contributed by atoms with van der Waals surface area (Å²) in [7, 11) is 0. The van der Waals surface area contributed by atoms with Crippen LogP contribution in [0.4, 0.5) is 0 Å². The lowest BCUT2D eigenvalue weighted by Gasteiger charge is -2.10. The fourth-order valence-corrected chi connectivity index (χ4v) is 2.81. The van der Waals surface area contributed by atoms with Crippen molar-refractivity contribution in [3.8, 4) is 0 Å². The third kappa shape index (κ3) is 2.23. The lowest BCUT2D eigenvalue weighted by Crippen LogP contribution is -2.05. The molecule has 102 valence electrons. The second-order valence-electron chi connectivity index (χ2n) is 4.74. The Hall–Kier alpha value is -1.39. The Morgan fingerprint density at radius 3 is 2.75 bits per heavy atom. The number of fused-ring (bicyclic) bond motifs is 1. The maximum Gasteiger partial charge on any atom is 0.0767 e. The third-order valence-electron chi connectivity index (χ3n) is 3.42. The molecular formula is C15H13BrClN3. The van der Waals surface area contributed by atoms with Crippen LogP contribution in [0.15, 0.2) is 34.9 Å². The SMILES string of the molecule is Cc1nn(Cc2c(Cl)ccc3cccnc23)c(C)c1Br. The van der Waals surface area contributed by atoms with Gasteiger partial charge in [-0.2, -0.15) is 5.10 Å². The van der Waals surface area contributed by atoms with Gasteiger partial charge in [-0.25, -0.2) is 0 Å². The summed E-state index contributed by atoms with van der Waals surface area (Å²) in [5, 5.41) is 6.35. The molecule has 0 N–H and O–H groups in total. The minimum atomic E-state index is 0.617. The monoisotopic (exact) mass is 349 g/mol. The van der Waals surface area contributed by atoms with Gasteiger partial charge < -0.3 is 0 Å². The van der Waals surface area contributed by atoms with Crippen molar-refractivity contribution < 1.29 is 0 Å². The van der Waals surface area contributed by atoms with Crippen LogP contribution in [0.3, 0.4) is 0 Å². The van der Waals surface area contributed by atoms with Crippen LogP contribution >= 0.6 is 27.5 Å². The number of halogens is 2. The summed E-state index contributed by atoms with van der Waals surface area (Å²) in [5.41, 5.74) is 4.00. The van der Waals surface area contributed by atoms with Crippen molar-refractivity contribution in [2.24, 2.45) is 0 Å². The van der Waals surface area contributed by atoms with E-state index in [1.165, 1.54) is 0 Å². The van der Waals surface area contributed by atoms with Gasteiger partial charge in [0.2, 0.25) is 0 Å². The number of nitrogens with zero attached hydrogens (tertiary/aromatic N) is 3. The van der Waals surface area contributed by atoms with Gasteiger partial charge in [0.15, 0.2) is 0 Å². The first-order valence-electron chi connectivity index (χ1n) is 6.29. The van der Waals surface area contributed by atoms with Crippen molar-refractivity contribution in [3.63, 3.8) is 0 Å². The highest BCUT2D eigenvalue weighted by atomic mass is 79.9. The number of hydrogen-bond acceptors (Lipinski definition) is 2. The molecule has 0 amide bonds. The Kier molecular flexibility index (Phi) is 3.52. The van der Waals surface area contributed by atoms with Crippen molar-refractivity contribution in [1.82, 2.24) is 14.8 Å². The second-order valence-corrected chi connectivity index (χ2v) is 5.94. The van der Waals surface area contributed by atoms with Gasteiger partial charge in [-0.05, 0) is 41.9 Å². The normalized spacial score (nSPS) is 11.2. The Balaban J connectivity index is 2.15. The van der Waals surface area contributed by atoms with Crippen LogP contribution in [-0.4, -0.2) is 14.8 Å². The number of aryl methyl sites for hydroxylation is 1. The zero-order chi connectivity index (χ0) is 14.3. The van der Waals surface area contributed by atoms with Crippen molar-refractivity contribution >= 4 is 38.4 Å². The van der Waals surface area contributed by atoms with E-state index in [1.54, 1.807) is 6.20 Å². The van der Waals surface area contributed by atoms with Crippen LogP contribution < -0.4 is 0 Å². The Bertz CT molecular complexity index is 795. The molecule has 0 aliphatic rings. The predicted octanol–water partition coefficient (Wildman–Crippen LogP) is 4.51. The zero-order valence-electron chi connectivity index (χ0n) is 11.2. The maximum atomic E-state index is 6.36. The first kappa shape index (κ1) is 13.6. The molecule has 3 nitrogen and oxygen atoms in total. The molecule has 2 aromatic heterocycles. The predicted molar refractivity (Wildman–Crippen MR) is 85.3 cm³/mol. The van der Waals surface area contributed by atoms with Crippen molar-refractivity contribution in [2.75, 3.05) is 0 Å². The van der Waals surface area contributed by atoms with Crippen LogP contribution in [-0.2, 0) is 6.54 Å². The molecule has 0 spiro atoms. The van der Waals surface area contributed by atoms with Gasteiger partial charge in [-0.1, -0.05) is 23.7 Å². The highest BCUT2D eigenvalue weighted by molar-refractivity contribution is 9.10. The Labute approximate surface area is 130 Å². The average Bonchev–Trinajstić information content (AvgIpc) is 2.69. The van der Waals surface area contributed by atoms with E-state index in [0.717, 1.165) is 37.3 Å². The van der Waals surface area contributed by atoms with E-state index in [4.69, 9.17) is 11.6 Å². The fraction of sp³-hybridized carbons (Fsp3) is 0.200. The van der Waals surface area contributed by atoms with E-state index in [1.807, 2.05) is 42.8 Å². The molecule has 0 saturated heterocycles. The van der Waals surface area contributed by atoms with Crippen molar-refractivity contribution in [1.29, 1.82) is 0 Å². The summed E-state index contributed by atoms with van der Waals surface area (Å²) in [5.74, 6) is 0. The summed E-state index contributed by atoms with van der Waals surface area (Å²) in [6.45, 7) is 4.64. The molecule has 0 aliphatic heterocycles. The smallest absolute Gasteiger partial charge is 0.0767 e. The van der Waals surface area contributed by atoms with Gasteiger partial charge in [-0.15, -0.1) is 0 Å². The van der Waals surface area contributed by atoms with Crippen LogP contribution in [0.25, 0.3) is 10.9 Å². The van der Waals surface area contributed by atoms with E-state index in [0.29, 0.717) is 6.54 Å². The first-order chi connectivity index (χ1) is 9.58. The summed E-state index contributed by atoms with van der Waals surface area (Å²) >= 11 is 9.91. The van der Waals surface area contributed by atoms with Gasteiger partial charge in [0, 0.05) is 22.2 Å². The first-order valence-corrected chi connectivity index (χ1v) is 7.46. The molecule has 1 aromatic carbocycles. The maximum absolute atomic E-state index is 6.36. The zero-order valence-corrected chi connectivity index (χ0v) is 13.5. The topological polar surface area (TPSA) is 30.7 Å². The van der Waals surface area contributed by atoms with Crippen LogP contribution in [0.5, 0.6) is 0 Å². The molecule has 20 heavy (non-hydrogen) atoms. The van der Waals surface area contributed by atoms with Crippen molar-refractivity contribution in [2.45, 2.75) is 20.4 Å². The molecule has 0 bridgehead atoms. The number of aromatic nitrogens is 3. The lowest BCUT2D eigenvalue weighted by molar-refractivity contribution is 0.661. The van der Waals surface area contributed by atoms with E-state index in [-0.39, 0.29) is 0 Å². The number of pyridine rings is 1. The van der Waals surface area contributed by atoms with E-state index >= 15 is 0 Å². The average molecular weight is 351 g/mol. The highest BCUT2D eigenvalue weighted by Crippen LogP contribution is 2.27. The molecule has 0 aliphatic carbocycles. The molecular weight excluding hydrogens is 338 g/mol. The van der Waals surface area contributed by atoms with Crippen molar-refractivity contribution in [3.05, 3.63) is 56.9 Å². The minimum absolute atomic E-state index is 0.617. The molecule has 0 saturated carbocycles. The highest BCUT2D eigenvalue weighted by Gasteiger charge is 2.13. The second kappa shape index (κ2) is 5.19. The molecule has 3 rings (SSSR count).